The lowest BCUT2D eigenvalue weighted by atomic mass is 10.1. The van der Waals surface area contributed by atoms with Gasteiger partial charge in [-0.05, 0) is 38.5 Å². The van der Waals surface area contributed by atoms with Crippen LogP contribution in [0, 0.1) is 13.8 Å². The van der Waals surface area contributed by atoms with Crippen LogP contribution in [0.2, 0.25) is 0 Å². The van der Waals surface area contributed by atoms with Crippen LogP contribution in [-0.2, 0) is 11.8 Å². The van der Waals surface area contributed by atoms with E-state index in [4.69, 9.17) is 4.74 Å². The van der Waals surface area contributed by atoms with Crippen molar-refractivity contribution in [2.45, 2.75) is 20.8 Å². The number of anilines is 1. The number of aromatic nitrogens is 1. The predicted octanol–water partition coefficient (Wildman–Crippen LogP) is 3.26. The van der Waals surface area contributed by atoms with E-state index < -0.39 is 0 Å². The number of nitrogens with zero attached hydrogens (tertiary/aromatic N) is 2. The van der Waals surface area contributed by atoms with Crippen molar-refractivity contribution >= 4 is 17.9 Å². The van der Waals surface area contributed by atoms with E-state index in [-0.39, 0.29) is 5.97 Å². The summed E-state index contributed by atoms with van der Waals surface area (Å²) < 4.78 is 7.06. The molecular weight excluding hydrogens is 278 g/mol. The number of rotatable bonds is 5. The summed E-state index contributed by atoms with van der Waals surface area (Å²) in [5, 5.41) is 4.25. The first-order valence-corrected chi connectivity index (χ1v) is 7.23. The Morgan fingerprint density at radius 3 is 2.64 bits per heavy atom. The molecule has 116 valence electrons. The molecule has 0 saturated carbocycles. The van der Waals surface area contributed by atoms with Crippen molar-refractivity contribution in [1.29, 1.82) is 0 Å². The smallest absolute Gasteiger partial charge is 0.340 e. The SMILES string of the molecule is CCOC(=O)c1c(C)c(/C=N/Nc2ccccc2)n(C)c1C. The van der Waals surface area contributed by atoms with Crippen LogP contribution in [0.5, 0.6) is 0 Å². The molecule has 22 heavy (non-hydrogen) atoms. The number of carbonyl (C=O) groups excluding carboxylic acids is 1. The third-order valence-electron chi connectivity index (χ3n) is 3.62. The Kier molecular flexibility index (Phi) is 4.99. The first kappa shape index (κ1) is 15.8. The van der Waals surface area contributed by atoms with Gasteiger partial charge in [0.25, 0.3) is 0 Å². The van der Waals surface area contributed by atoms with Gasteiger partial charge in [-0.2, -0.15) is 5.10 Å². The number of esters is 1. The van der Waals surface area contributed by atoms with Gasteiger partial charge in [-0.3, -0.25) is 5.43 Å². The standard InChI is InChI=1S/C17H21N3O2/c1-5-22-17(21)16-12(2)15(20(4)13(16)3)11-18-19-14-9-7-6-8-10-14/h6-11,19H,5H2,1-4H3/b18-11+. The number of hydrogen-bond acceptors (Lipinski definition) is 4. The van der Waals surface area contributed by atoms with Gasteiger partial charge in [-0.25, -0.2) is 4.79 Å². The number of para-hydroxylation sites is 1. The predicted molar refractivity (Wildman–Crippen MR) is 88.5 cm³/mol. The molecule has 0 aliphatic heterocycles. The number of ether oxygens (including phenoxy) is 1. The normalized spacial score (nSPS) is 10.9. The molecule has 0 bridgehead atoms. The third-order valence-corrected chi connectivity index (χ3v) is 3.62. The van der Waals surface area contributed by atoms with Gasteiger partial charge in [-0.15, -0.1) is 0 Å². The first-order valence-electron chi connectivity index (χ1n) is 7.23. The Bertz CT molecular complexity index is 688. The molecule has 0 saturated heterocycles. The molecule has 5 nitrogen and oxygen atoms in total. The highest BCUT2D eigenvalue weighted by atomic mass is 16.5. The fourth-order valence-electron chi connectivity index (χ4n) is 2.37. The Morgan fingerprint density at radius 2 is 2.00 bits per heavy atom. The average Bonchev–Trinajstić information content (AvgIpc) is 2.72. The van der Waals surface area contributed by atoms with E-state index >= 15 is 0 Å². The maximum Gasteiger partial charge on any atom is 0.340 e. The molecule has 5 heteroatoms. The van der Waals surface area contributed by atoms with Crippen LogP contribution in [0.4, 0.5) is 5.69 Å². The second-order valence-electron chi connectivity index (χ2n) is 4.99. The van der Waals surface area contributed by atoms with E-state index in [2.05, 4.69) is 10.5 Å². The molecular formula is C17H21N3O2. The second kappa shape index (κ2) is 6.93. The minimum Gasteiger partial charge on any atom is -0.462 e. The van der Waals surface area contributed by atoms with Gasteiger partial charge in [0.1, 0.15) is 0 Å². The van der Waals surface area contributed by atoms with Crippen molar-refractivity contribution in [2.24, 2.45) is 12.1 Å². The summed E-state index contributed by atoms with van der Waals surface area (Å²) in [6.07, 6.45) is 1.72. The monoisotopic (exact) mass is 299 g/mol. The number of hydrazone groups is 1. The molecule has 2 aromatic rings. The van der Waals surface area contributed by atoms with E-state index in [0.717, 1.165) is 22.6 Å². The largest absolute Gasteiger partial charge is 0.462 e. The zero-order valence-corrected chi connectivity index (χ0v) is 13.4. The van der Waals surface area contributed by atoms with E-state index in [1.807, 2.05) is 55.8 Å². The molecule has 0 amide bonds. The molecule has 0 spiro atoms. The molecule has 1 aromatic carbocycles. The molecule has 2 rings (SSSR count). The van der Waals surface area contributed by atoms with Gasteiger partial charge in [0.15, 0.2) is 0 Å². The van der Waals surface area contributed by atoms with Crippen molar-refractivity contribution in [3.05, 3.63) is 52.8 Å². The van der Waals surface area contributed by atoms with E-state index in [1.54, 1.807) is 13.1 Å². The Hall–Kier alpha value is -2.56. The maximum absolute atomic E-state index is 12.1. The van der Waals surface area contributed by atoms with Crippen molar-refractivity contribution in [1.82, 2.24) is 4.57 Å². The number of carbonyl (C=O) groups is 1. The van der Waals surface area contributed by atoms with Crippen LogP contribution in [0.15, 0.2) is 35.4 Å². The summed E-state index contributed by atoms with van der Waals surface area (Å²) in [5.41, 5.74) is 7.12. The fraction of sp³-hybridized carbons (Fsp3) is 0.294. The number of nitrogens with one attached hydrogen (secondary N) is 1. The van der Waals surface area contributed by atoms with Crippen LogP contribution in [0.1, 0.15) is 34.2 Å². The van der Waals surface area contributed by atoms with Gasteiger partial charge in [0.05, 0.1) is 29.8 Å². The highest BCUT2D eigenvalue weighted by Crippen LogP contribution is 2.21. The summed E-state index contributed by atoms with van der Waals surface area (Å²) in [6.45, 7) is 5.98. The van der Waals surface area contributed by atoms with Crippen molar-refractivity contribution < 1.29 is 9.53 Å². The lowest BCUT2D eigenvalue weighted by molar-refractivity contribution is 0.0524. The summed E-state index contributed by atoms with van der Waals surface area (Å²) >= 11 is 0. The molecule has 1 aromatic heterocycles. The highest BCUT2D eigenvalue weighted by Gasteiger charge is 2.20. The lowest BCUT2D eigenvalue weighted by Gasteiger charge is -2.02. The third kappa shape index (κ3) is 3.19. The van der Waals surface area contributed by atoms with Crippen molar-refractivity contribution in [3.8, 4) is 0 Å². The van der Waals surface area contributed by atoms with Crippen molar-refractivity contribution in [3.63, 3.8) is 0 Å². The molecule has 0 unspecified atom stereocenters. The molecule has 1 heterocycles. The molecule has 0 atom stereocenters. The zero-order chi connectivity index (χ0) is 16.1. The van der Waals surface area contributed by atoms with E-state index in [9.17, 15) is 4.79 Å². The van der Waals surface area contributed by atoms with Crippen molar-refractivity contribution in [2.75, 3.05) is 12.0 Å². The van der Waals surface area contributed by atoms with Gasteiger partial charge in [0, 0.05) is 12.7 Å². The molecule has 0 aliphatic carbocycles. The van der Waals surface area contributed by atoms with Crippen LogP contribution in [-0.4, -0.2) is 23.4 Å². The summed E-state index contributed by atoms with van der Waals surface area (Å²) in [6, 6.07) is 9.70. The van der Waals surface area contributed by atoms with Crippen LogP contribution in [0.25, 0.3) is 0 Å². The Balaban J connectivity index is 2.25. The minimum atomic E-state index is -0.288. The number of hydrogen-bond donors (Lipinski definition) is 1. The average molecular weight is 299 g/mol. The van der Waals surface area contributed by atoms with Gasteiger partial charge in [-0.1, -0.05) is 18.2 Å². The Labute approximate surface area is 130 Å². The van der Waals surface area contributed by atoms with E-state index in [0.29, 0.717) is 12.2 Å². The summed E-state index contributed by atoms with van der Waals surface area (Å²) in [5.74, 6) is -0.288. The van der Waals surface area contributed by atoms with Gasteiger partial charge < -0.3 is 9.30 Å². The van der Waals surface area contributed by atoms with Crippen LogP contribution < -0.4 is 5.43 Å². The summed E-state index contributed by atoms with van der Waals surface area (Å²) in [7, 11) is 1.91. The zero-order valence-electron chi connectivity index (χ0n) is 13.4. The fourth-order valence-corrected chi connectivity index (χ4v) is 2.37. The first-order chi connectivity index (χ1) is 10.6. The maximum atomic E-state index is 12.1. The quantitative estimate of drug-likeness (QED) is 0.524. The number of benzene rings is 1. The lowest BCUT2D eigenvalue weighted by Crippen LogP contribution is -2.07. The summed E-state index contributed by atoms with van der Waals surface area (Å²) in [4.78, 5) is 12.1. The van der Waals surface area contributed by atoms with Crippen LogP contribution >= 0.6 is 0 Å². The van der Waals surface area contributed by atoms with Gasteiger partial charge in [0.2, 0.25) is 0 Å². The highest BCUT2D eigenvalue weighted by molar-refractivity contribution is 5.96. The topological polar surface area (TPSA) is 55.6 Å². The van der Waals surface area contributed by atoms with E-state index in [1.165, 1.54) is 0 Å². The second-order valence-corrected chi connectivity index (χ2v) is 4.99. The van der Waals surface area contributed by atoms with Crippen LogP contribution in [0.3, 0.4) is 0 Å². The molecule has 0 fully saturated rings. The minimum absolute atomic E-state index is 0.288. The van der Waals surface area contributed by atoms with Gasteiger partial charge >= 0.3 is 5.97 Å². The molecule has 1 N–H and O–H groups in total. The Morgan fingerprint density at radius 1 is 1.32 bits per heavy atom. The molecule has 0 aliphatic rings. The molecule has 0 radical (unpaired) electrons.